The van der Waals surface area contributed by atoms with E-state index >= 15 is 0 Å². The molecule has 2 N–H and O–H groups in total. The highest BCUT2D eigenvalue weighted by Gasteiger charge is 2.35. The second kappa shape index (κ2) is 8.51. The van der Waals surface area contributed by atoms with Crippen LogP contribution in [0, 0.1) is 29.4 Å². The SMILES string of the molecule is Cc1nn(Cc2ccc(C(=O)N3CCC(N)C(C)(C)C3)cc2)c(C)c1[N+](=O)[O-].Cl. The lowest BCUT2D eigenvalue weighted by atomic mass is 9.79. The molecule has 1 unspecified atom stereocenters. The van der Waals surface area contributed by atoms with Gasteiger partial charge in [-0.3, -0.25) is 19.6 Å². The molecule has 1 amide bonds. The third-order valence-electron chi connectivity index (χ3n) is 5.66. The van der Waals surface area contributed by atoms with Crippen molar-refractivity contribution in [1.82, 2.24) is 14.7 Å². The summed E-state index contributed by atoms with van der Waals surface area (Å²) in [5.74, 6) is 0.00766. The van der Waals surface area contributed by atoms with E-state index in [0.717, 1.165) is 12.0 Å². The Morgan fingerprint density at radius 3 is 2.45 bits per heavy atom. The van der Waals surface area contributed by atoms with Gasteiger partial charge >= 0.3 is 5.69 Å². The zero-order chi connectivity index (χ0) is 20.6. The molecule has 3 rings (SSSR count). The number of hydrogen-bond acceptors (Lipinski definition) is 5. The van der Waals surface area contributed by atoms with Crippen molar-refractivity contribution < 1.29 is 9.72 Å². The van der Waals surface area contributed by atoms with Gasteiger partial charge in [0.25, 0.3) is 5.91 Å². The molecule has 0 spiro atoms. The van der Waals surface area contributed by atoms with E-state index < -0.39 is 4.92 Å². The largest absolute Gasteiger partial charge is 0.338 e. The highest BCUT2D eigenvalue weighted by atomic mass is 35.5. The van der Waals surface area contributed by atoms with E-state index in [-0.39, 0.29) is 35.5 Å². The second-order valence-electron chi connectivity index (χ2n) is 8.24. The number of amides is 1. The lowest BCUT2D eigenvalue weighted by Crippen LogP contribution is -2.53. The number of aryl methyl sites for hydroxylation is 1. The van der Waals surface area contributed by atoms with E-state index in [1.807, 2.05) is 17.0 Å². The molecule has 9 heteroatoms. The summed E-state index contributed by atoms with van der Waals surface area (Å²) in [5, 5.41) is 15.4. The van der Waals surface area contributed by atoms with Gasteiger partial charge in [0.15, 0.2) is 0 Å². The molecular formula is C20H28ClN5O3. The van der Waals surface area contributed by atoms with Gasteiger partial charge in [-0.25, -0.2) is 0 Å². The number of rotatable bonds is 4. The molecular weight excluding hydrogens is 394 g/mol. The first kappa shape index (κ1) is 22.8. The maximum atomic E-state index is 12.8. The Balaban J connectivity index is 0.00000300. The zero-order valence-corrected chi connectivity index (χ0v) is 18.0. The van der Waals surface area contributed by atoms with Gasteiger partial charge in [-0.15, -0.1) is 12.4 Å². The first-order valence-electron chi connectivity index (χ1n) is 9.42. The summed E-state index contributed by atoms with van der Waals surface area (Å²) in [6, 6.07) is 7.45. The van der Waals surface area contributed by atoms with Crippen LogP contribution in [0.4, 0.5) is 5.69 Å². The molecule has 158 valence electrons. The quantitative estimate of drug-likeness (QED) is 0.602. The number of carbonyl (C=O) groups excluding carboxylic acids is 1. The van der Waals surface area contributed by atoms with Gasteiger partial charge < -0.3 is 10.6 Å². The van der Waals surface area contributed by atoms with Crippen molar-refractivity contribution in [3.63, 3.8) is 0 Å². The van der Waals surface area contributed by atoms with Crippen molar-refractivity contribution in [2.24, 2.45) is 11.1 Å². The number of halogens is 1. The Morgan fingerprint density at radius 2 is 1.93 bits per heavy atom. The number of nitro groups is 1. The van der Waals surface area contributed by atoms with Crippen LogP contribution in [-0.2, 0) is 6.54 Å². The van der Waals surface area contributed by atoms with Crippen LogP contribution in [0.3, 0.4) is 0 Å². The molecule has 29 heavy (non-hydrogen) atoms. The van der Waals surface area contributed by atoms with Crippen LogP contribution < -0.4 is 5.73 Å². The van der Waals surface area contributed by atoms with Gasteiger partial charge in [0.2, 0.25) is 0 Å². The number of aromatic nitrogens is 2. The number of carbonyl (C=O) groups is 1. The number of likely N-dealkylation sites (tertiary alicyclic amines) is 1. The molecule has 8 nitrogen and oxygen atoms in total. The maximum Gasteiger partial charge on any atom is 0.312 e. The van der Waals surface area contributed by atoms with E-state index in [0.29, 0.717) is 36.6 Å². The van der Waals surface area contributed by atoms with Crippen LogP contribution >= 0.6 is 12.4 Å². The Hall–Kier alpha value is -2.45. The molecule has 2 heterocycles. The number of benzene rings is 1. The third-order valence-corrected chi connectivity index (χ3v) is 5.66. The number of piperidine rings is 1. The third kappa shape index (κ3) is 4.59. The van der Waals surface area contributed by atoms with Crippen LogP contribution in [0.5, 0.6) is 0 Å². The zero-order valence-electron chi connectivity index (χ0n) is 17.2. The molecule has 1 aliphatic heterocycles. The van der Waals surface area contributed by atoms with E-state index in [4.69, 9.17) is 5.73 Å². The first-order valence-corrected chi connectivity index (χ1v) is 9.42. The average molecular weight is 422 g/mol. The van der Waals surface area contributed by atoms with Gasteiger partial charge in [0.05, 0.1) is 11.5 Å². The monoisotopic (exact) mass is 421 g/mol. The fourth-order valence-corrected chi connectivity index (χ4v) is 3.76. The normalized spacial score (nSPS) is 18.2. The molecule has 2 aromatic rings. The predicted octanol–water partition coefficient (Wildman–Crippen LogP) is 3.08. The molecule has 1 atom stereocenters. The van der Waals surface area contributed by atoms with Crippen LogP contribution in [0.2, 0.25) is 0 Å². The smallest absolute Gasteiger partial charge is 0.312 e. The van der Waals surface area contributed by atoms with E-state index in [9.17, 15) is 14.9 Å². The summed E-state index contributed by atoms with van der Waals surface area (Å²) in [4.78, 5) is 25.4. The Kier molecular flexibility index (Phi) is 6.70. The lowest BCUT2D eigenvalue weighted by Gasteiger charge is -2.42. The van der Waals surface area contributed by atoms with Crippen LogP contribution in [0.1, 0.15) is 47.6 Å². The predicted molar refractivity (Wildman–Crippen MR) is 113 cm³/mol. The fourth-order valence-electron chi connectivity index (χ4n) is 3.76. The van der Waals surface area contributed by atoms with E-state index in [1.54, 1.807) is 30.7 Å². The molecule has 0 aliphatic carbocycles. The summed E-state index contributed by atoms with van der Waals surface area (Å²) in [7, 11) is 0. The summed E-state index contributed by atoms with van der Waals surface area (Å²) in [6.07, 6.45) is 0.799. The molecule has 0 radical (unpaired) electrons. The summed E-state index contributed by atoms with van der Waals surface area (Å²) < 4.78 is 1.62. The van der Waals surface area contributed by atoms with Crippen molar-refractivity contribution in [3.05, 3.63) is 56.9 Å². The van der Waals surface area contributed by atoms with Crippen LogP contribution in [0.25, 0.3) is 0 Å². The lowest BCUT2D eigenvalue weighted by molar-refractivity contribution is -0.386. The second-order valence-corrected chi connectivity index (χ2v) is 8.24. The molecule has 1 aliphatic rings. The van der Waals surface area contributed by atoms with Gasteiger partial charge in [-0.2, -0.15) is 5.10 Å². The van der Waals surface area contributed by atoms with Crippen LogP contribution in [0.15, 0.2) is 24.3 Å². The molecule has 0 saturated carbocycles. The Morgan fingerprint density at radius 1 is 1.31 bits per heavy atom. The van der Waals surface area contributed by atoms with Crippen molar-refractivity contribution in [3.8, 4) is 0 Å². The van der Waals surface area contributed by atoms with Crippen molar-refractivity contribution in [1.29, 1.82) is 0 Å². The highest BCUT2D eigenvalue weighted by Crippen LogP contribution is 2.28. The minimum absolute atomic E-state index is 0. The summed E-state index contributed by atoms with van der Waals surface area (Å²) in [6.45, 7) is 9.24. The maximum absolute atomic E-state index is 12.8. The standard InChI is InChI=1S/C20H27N5O3.ClH/c1-13-18(25(27)28)14(2)24(22-13)11-15-5-7-16(8-6-15)19(26)23-10-9-17(21)20(3,4)12-23;/h5-8,17H,9-12,21H2,1-4H3;1H. The molecule has 1 aromatic carbocycles. The van der Waals surface area contributed by atoms with Crippen molar-refractivity contribution >= 4 is 24.0 Å². The number of hydrogen-bond donors (Lipinski definition) is 1. The van der Waals surface area contributed by atoms with Crippen molar-refractivity contribution in [2.75, 3.05) is 13.1 Å². The minimum Gasteiger partial charge on any atom is -0.338 e. The van der Waals surface area contributed by atoms with Gasteiger partial charge in [0.1, 0.15) is 11.4 Å². The number of nitrogens with two attached hydrogens (primary N) is 1. The Bertz CT molecular complexity index is 908. The van der Waals surface area contributed by atoms with Gasteiger partial charge in [0, 0.05) is 24.7 Å². The van der Waals surface area contributed by atoms with Crippen LogP contribution in [-0.4, -0.2) is 44.6 Å². The summed E-state index contributed by atoms with van der Waals surface area (Å²) in [5.41, 5.74) is 8.60. The van der Waals surface area contributed by atoms with Gasteiger partial charge in [-0.05, 0) is 43.4 Å². The Labute approximate surface area is 176 Å². The van der Waals surface area contributed by atoms with E-state index in [2.05, 4.69) is 18.9 Å². The number of nitrogens with zero attached hydrogens (tertiary/aromatic N) is 4. The van der Waals surface area contributed by atoms with E-state index in [1.165, 1.54) is 0 Å². The topological polar surface area (TPSA) is 107 Å². The van der Waals surface area contributed by atoms with Gasteiger partial charge in [-0.1, -0.05) is 26.0 Å². The summed E-state index contributed by atoms with van der Waals surface area (Å²) >= 11 is 0. The van der Waals surface area contributed by atoms with Crippen molar-refractivity contribution in [2.45, 2.75) is 46.7 Å². The first-order chi connectivity index (χ1) is 13.1. The highest BCUT2D eigenvalue weighted by molar-refractivity contribution is 5.94. The molecule has 1 fully saturated rings. The molecule has 0 bridgehead atoms. The average Bonchev–Trinajstić information content (AvgIpc) is 2.91. The molecule has 1 saturated heterocycles. The fraction of sp³-hybridized carbons (Fsp3) is 0.500. The minimum atomic E-state index is -0.401. The molecule has 1 aromatic heterocycles.